The number of rotatable bonds is 5. The summed E-state index contributed by atoms with van der Waals surface area (Å²) >= 11 is 0. The van der Waals surface area contributed by atoms with Crippen LogP contribution in [0, 0.1) is 0 Å². The van der Waals surface area contributed by atoms with Crippen LogP contribution in [0.3, 0.4) is 0 Å². The second kappa shape index (κ2) is 7.20. The van der Waals surface area contributed by atoms with Crippen LogP contribution in [-0.2, 0) is 10.3 Å². The number of hydrogen-bond acceptors (Lipinski definition) is 7. The van der Waals surface area contributed by atoms with E-state index < -0.39 is 0 Å². The van der Waals surface area contributed by atoms with Crippen molar-refractivity contribution in [3.05, 3.63) is 24.0 Å². The number of morpholine rings is 1. The molecule has 1 saturated carbocycles. The Morgan fingerprint density at radius 1 is 1.04 bits per heavy atom. The number of aromatic nitrogens is 4. The molecule has 8 heteroatoms. The normalized spacial score (nSPS) is 20.2. The fraction of sp³-hybridized carbons (Fsp3) is 0.611. The SMILES string of the molecule is COc1ccc(-n2nnnc2C2(N3CCOCC3)CCCC2)cc1OC. The summed E-state index contributed by atoms with van der Waals surface area (Å²) in [4.78, 5) is 2.51. The zero-order chi connectivity index (χ0) is 18.0. The third-order valence-corrected chi connectivity index (χ3v) is 5.54. The van der Waals surface area contributed by atoms with E-state index in [1.165, 1.54) is 12.8 Å². The van der Waals surface area contributed by atoms with Gasteiger partial charge in [0.2, 0.25) is 0 Å². The Labute approximate surface area is 153 Å². The fourth-order valence-corrected chi connectivity index (χ4v) is 4.24. The van der Waals surface area contributed by atoms with Gasteiger partial charge in [-0.1, -0.05) is 12.8 Å². The number of tetrazole rings is 1. The van der Waals surface area contributed by atoms with Crippen LogP contribution in [0.15, 0.2) is 18.2 Å². The van der Waals surface area contributed by atoms with Crippen LogP contribution < -0.4 is 9.47 Å². The molecule has 1 aromatic heterocycles. The van der Waals surface area contributed by atoms with E-state index in [-0.39, 0.29) is 5.54 Å². The standard InChI is InChI=1S/C18H25N5O3/c1-24-15-6-5-14(13-16(15)25-2)23-17(19-20-21-23)18(7-3-4-8-18)22-9-11-26-12-10-22/h5-6,13H,3-4,7-12H2,1-2H3. The molecule has 26 heavy (non-hydrogen) atoms. The van der Waals surface area contributed by atoms with Gasteiger partial charge in [0, 0.05) is 19.2 Å². The molecule has 1 aliphatic carbocycles. The quantitative estimate of drug-likeness (QED) is 0.805. The summed E-state index contributed by atoms with van der Waals surface area (Å²) in [5.74, 6) is 2.26. The molecule has 0 atom stereocenters. The second-order valence-corrected chi connectivity index (χ2v) is 6.79. The Kier molecular flexibility index (Phi) is 4.78. The molecule has 2 fully saturated rings. The second-order valence-electron chi connectivity index (χ2n) is 6.79. The highest BCUT2D eigenvalue weighted by molar-refractivity contribution is 5.49. The molecule has 0 bridgehead atoms. The minimum Gasteiger partial charge on any atom is -0.493 e. The summed E-state index contributed by atoms with van der Waals surface area (Å²) in [5, 5.41) is 12.8. The molecular weight excluding hydrogens is 334 g/mol. The number of ether oxygens (including phenoxy) is 3. The third kappa shape index (κ3) is 2.83. The molecule has 8 nitrogen and oxygen atoms in total. The molecule has 0 amide bonds. The molecule has 2 aromatic rings. The molecule has 0 N–H and O–H groups in total. The minimum absolute atomic E-state index is 0.125. The van der Waals surface area contributed by atoms with E-state index >= 15 is 0 Å². The van der Waals surface area contributed by atoms with Gasteiger partial charge in [-0.25, -0.2) is 0 Å². The predicted octanol–water partition coefficient (Wildman–Crippen LogP) is 1.78. The average molecular weight is 359 g/mol. The first-order valence-electron chi connectivity index (χ1n) is 9.12. The predicted molar refractivity (Wildman–Crippen MR) is 94.8 cm³/mol. The topological polar surface area (TPSA) is 74.5 Å². The van der Waals surface area contributed by atoms with Crippen molar-refractivity contribution in [2.24, 2.45) is 0 Å². The molecule has 1 aliphatic heterocycles. The van der Waals surface area contributed by atoms with Crippen molar-refractivity contribution in [3.63, 3.8) is 0 Å². The van der Waals surface area contributed by atoms with Gasteiger partial charge in [-0.05, 0) is 35.4 Å². The van der Waals surface area contributed by atoms with Crippen LogP contribution in [0.1, 0.15) is 31.5 Å². The number of methoxy groups -OCH3 is 2. The van der Waals surface area contributed by atoms with Gasteiger partial charge in [-0.2, -0.15) is 4.68 Å². The lowest BCUT2D eigenvalue weighted by Crippen LogP contribution is -2.51. The van der Waals surface area contributed by atoms with E-state index in [0.29, 0.717) is 11.5 Å². The van der Waals surface area contributed by atoms with E-state index in [9.17, 15) is 0 Å². The smallest absolute Gasteiger partial charge is 0.176 e. The van der Waals surface area contributed by atoms with Gasteiger partial charge in [-0.15, -0.1) is 5.10 Å². The van der Waals surface area contributed by atoms with E-state index in [1.807, 2.05) is 22.9 Å². The van der Waals surface area contributed by atoms with E-state index in [2.05, 4.69) is 20.4 Å². The Morgan fingerprint density at radius 2 is 1.77 bits per heavy atom. The molecule has 1 saturated heterocycles. The van der Waals surface area contributed by atoms with Crippen molar-refractivity contribution in [2.75, 3.05) is 40.5 Å². The van der Waals surface area contributed by atoms with Crippen LogP contribution in [0.2, 0.25) is 0 Å². The van der Waals surface area contributed by atoms with Gasteiger partial charge >= 0.3 is 0 Å². The summed E-state index contributed by atoms with van der Waals surface area (Å²) in [6, 6.07) is 5.76. The average Bonchev–Trinajstić information content (AvgIpc) is 3.38. The summed E-state index contributed by atoms with van der Waals surface area (Å²) in [5.41, 5.74) is 0.752. The highest BCUT2D eigenvalue weighted by Crippen LogP contribution is 2.44. The van der Waals surface area contributed by atoms with Crippen molar-refractivity contribution in [1.29, 1.82) is 0 Å². The van der Waals surface area contributed by atoms with Crippen molar-refractivity contribution in [1.82, 2.24) is 25.1 Å². The van der Waals surface area contributed by atoms with Crippen molar-refractivity contribution in [2.45, 2.75) is 31.2 Å². The summed E-state index contributed by atoms with van der Waals surface area (Å²) < 4.78 is 18.2. The summed E-state index contributed by atoms with van der Waals surface area (Å²) in [7, 11) is 3.26. The maximum Gasteiger partial charge on any atom is 0.176 e. The molecule has 0 radical (unpaired) electrons. The zero-order valence-corrected chi connectivity index (χ0v) is 15.3. The largest absolute Gasteiger partial charge is 0.493 e. The van der Waals surface area contributed by atoms with Crippen LogP contribution in [0.5, 0.6) is 11.5 Å². The lowest BCUT2D eigenvalue weighted by molar-refractivity contribution is -0.0273. The first-order valence-corrected chi connectivity index (χ1v) is 9.12. The van der Waals surface area contributed by atoms with Crippen LogP contribution >= 0.6 is 0 Å². The van der Waals surface area contributed by atoms with Gasteiger partial charge in [0.05, 0.1) is 38.7 Å². The van der Waals surface area contributed by atoms with Crippen LogP contribution in [0.25, 0.3) is 5.69 Å². The highest BCUT2D eigenvalue weighted by Gasteiger charge is 2.46. The molecule has 2 aliphatic rings. The van der Waals surface area contributed by atoms with E-state index in [1.54, 1.807) is 14.2 Å². The molecule has 0 unspecified atom stereocenters. The van der Waals surface area contributed by atoms with Crippen molar-refractivity contribution < 1.29 is 14.2 Å². The lowest BCUT2D eigenvalue weighted by atomic mass is 9.93. The van der Waals surface area contributed by atoms with Crippen molar-refractivity contribution in [3.8, 4) is 17.2 Å². The Bertz CT molecular complexity index is 751. The van der Waals surface area contributed by atoms with Crippen LogP contribution in [-0.4, -0.2) is 65.6 Å². The lowest BCUT2D eigenvalue weighted by Gasteiger charge is -2.42. The molecule has 4 rings (SSSR count). The van der Waals surface area contributed by atoms with E-state index in [4.69, 9.17) is 14.2 Å². The maximum atomic E-state index is 5.56. The maximum absolute atomic E-state index is 5.56. The van der Waals surface area contributed by atoms with Gasteiger partial charge in [-0.3, -0.25) is 4.90 Å². The first-order chi connectivity index (χ1) is 12.8. The molecule has 0 spiro atoms. The molecular formula is C18H25N5O3. The first kappa shape index (κ1) is 17.2. The minimum atomic E-state index is -0.125. The van der Waals surface area contributed by atoms with Crippen LogP contribution in [0.4, 0.5) is 0 Å². The monoisotopic (exact) mass is 359 g/mol. The molecule has 2 heterocycles. The molecule has 140 valence electrons. The van der Waals surface area contributed by atoms with Gasteiger partial charge in [0.25, 0.3) is 0 Å². The third-order valence-electron chi connectivity index (χ3n) is 5.54. The highest BCUT2D eigenvalue weighted by atomic mass is 16.5. The summed E-state index contributed by atoms with van der Waals surface area (Å²) in [6.45, 7) is 3.36. The van der Waals surface area contributed by atoms with Crippen molar-refractivity contribution >= 4 is 0 Å². The number of nitrogens with zero attached hydrogens (tertiary/aromatic N) is 5. The zero-order valence-electron chi connectivity index (χ0n) is 15.3. The fourth-order valence-electron chi connectivity index (χ4n) is 4.24. The number of hydrogen-bond donors (Lipinski definition) is 0. The Morgan fingerprint density at radius 3 is 2.46 bits per heavy atom. The van der Waals surface area contributed by atoms with Gasteiger partial charge in [0.1, 0.15) is 0 Å². The van der Waals surface area contributed by atoms with Gasteiger partial charge < -0.3 is 14.2 Å². The Balaban J connectivity index is 1.76. The summed E-state index contributed by atoms with van der Waals surface area (Å²) in [6.07, 6.45) is 4.52. The Hall–Kier alpha value is -2.19. The van der Waals surface area contributed by atoms with E-state index in [0.717, 1.165) is 50.7 Å². The number of benzene rings is 1. The van der Waals surface area contributed by atoms with Gasteiger partial charge in [0.15, 0.2) is 17.3 Å². The molecule has 1 aromatic carbocycles.